The van der Waals surface area contributed by atoms with Gasteiger partial charge in [0.1, 0.15) is 5.82 Å². The standard InChI is InChI=1S/C16H23N5O3/c1-12(22)18-7-16(24)21-10-13(9-20-5-2-3-15(20)23)8-19-6-4-17-14(19)11-21/h4,6,13H,2-3,5,7-11H2,1H3,(H,18,22)/t13-/m0/s1. The molecule has 2 aliphatic heterocycles. The van der Waals surface area contributed by atoms with Crippen LogP contribution in [0.3, 0.4) is 0 Å². The lowest BCUT2D eigenvalue weighted by molar-refractivity contribution is -0.133. The molecule has 1 atom stereocenters. The molecule has 0 spiro atoms. The van der Waals surface area contributed by atoms with Crippen LogP contribution in [0.15, 0.2) is 12.4 Å². The molecule has 1 aromatic heterocycles. The topological polar surface area (TPSA) is 87.5 Å². The van der Waals surface area contributed by atoms with Crippen LogP contribution in [-0.2, 0) is 27.5 Å². The van der Waals surface area contributed by atoms with Crippen LogP contribution in [0.2, 0.25) is 0 Å². The van der Waals surface area contributed by atoms with Gasteiger partial charge in [0, 0.05) is 57.8 Å². The third-order valence-corrected chi connectivity index (χ3v) is 4.56. The van der Waals surface area contributed by atoms with Crippen molar-refractivity contribution in [2.24, 2.45) is 5.92 Å². The zero-order valence-corrected chi connectivity index (χ0v) is 13.9. The number of likely N-dealkylation sites (tertiary alicyclic amines) is 1. The van der Waals surface area contributed by atoms with E-state index < -0.39 is 0 Å². The van der Waals surface area contributed by atoms with E-state index in [2.05, 4.69) is 14.9 Å². The number of imidazole rings is 1. The Bertz CT molecular complexity index is 641. The molecule has 24 heavy (non-hydrogen) atoms. The van der Waals surface area contributed by atoms with Crippen LogP contribution in [-0.4, -0.2) is 63.3 Å². The van der Waals surface area contributed by atoms with E-state index in [1.807, 2.05) is 11.1 Å². The minimum absolute atomic E-state index is 0.00853. The van der Waals surface area contributed by atoms with Crippen molar-refractivity contribution in [1.82, 2.24) is 24.7 Å². The molecule has 0 aromatic carbocycles. The monoisotopic (exact) mass is 333 g/mol. The molecular formula is C16H23N5O3. The highest BCUT2D eigenvalue weighted by atomic mass is 16.2. The maximum atomic E-state index is 12.4. The molecule has 3 amide bonds. The molecule has 1 aromatic rings. The largest absolute Gasteiger partial charge is 0.347 e. The molecule has 130 valence electrons. The highest BCUT2D eigenvalue weighted by Crippen LogP contribution is 2.19. The van der Waals surface area contributed by atoms with E-state index >= 15 is 0 Å². The predicted octanol–water partition coefficient (Wildman–Crippen LogP) is -0.400. The van der Waals surface area contributed by atoms with Crippen LogP contribution in [0.1, 0.15) is 25.6 Å². The van der Waals surface area contributed by atoms with Gasteiger partial charge < -0.3 is 19.7 Å². The molecule has 0 bridgehead atoms. The molecular weight excluding hydrogens is 310 g/mol. The van der Waals surface area contributed by atoms with Crippen LogP contribution in [0.4, 0.5) is 0 Å². The van der Waals surface area contributed by atoms with Gasteiger partial charge in [-0.2, -0.15) is 0 Å². The van der Waals surface area contributed by atoms with E-state index in [4.69, 9.17) is 0 Å². The summed E-state index contributed by atoms with van der Waals surface area (Å²) in [6.07, 6.45) is 5.17. The van der Waals surface area contributed by atoms with Crippen molar-refractivity contribution in [3.8, 4) is 0 Å². The van der Waals surface area contributed by atoms with Crippen LogP contribution >= 0.6 is 0 Å². The number of hydrogen-bond donors (Lipinski definition) is 1. The summed E-state index contributed by atoms with van der Waals surface area (Å²) in [7, 11) is 0. The first-order valence-corrected chi connectivity index (χ1v) is 8.33. The van der Waals surface area contributed by atoms with Crippen molar-refractivity contribution in [2.75, 3.05) is 26.2 Å². The zero-order chi connectivity index (χ0) is 17.1. The molecule has 8 heteroatoms. The normalized spacial score (nSPS) is 20.7. The van der Waals surface area contributed by atoms with E-state index in [0.717, 1.165) is 25.3 Å². The number of nitrogens with zero attached hydrogens (tertiary/aromatic N) is 4. The Hall–Kier alpha value is -2.38. The van der Waals surface area contributed by atoms with Crippen molar-refractivity contribution in [3.63, 3.8) is 0 Å². The second-order valence-corrected chi connectivity index (χ2v) is 6.49. The van der Waals surface area contributed by atoms with Gasteiger partial charge in [0.15, 0.2) is 0 Å². The van der Waals surface area contributed by atoms with Gasteiger partial charge in [-0.3, -0.25) is 14.4 Å². The molecule has 3 heterocycles. The van der Waals surface area contributed by atoms with E-state index in [1.165, 1.54) is 6.92 Å². The van der Waals surface area contributed by atoms with Crippen molar-refractivity contribution < 1.29 is 14.4 Å². The summed E-state index contributed by atoms with van der Waals surface area (Å²) >= 11 is 0. The van der Waals surface area contributed by atoms with Crippen LogP contribution in [0.5, 0.6) is 0 Å². The smallest absolute Gasteiger partial charge is 0.242 e. The first kappa shape index (κ1) is 16.5. The van der Waals surface area contributed by atoms with Gasteiger partial charge in [-0.25, -0.2) is 4.98 Å². The van der Waals surface area contributed by atoms with Crippen molar-refractivity contribution >= 4 is 17.7 Å². The number of nitrogens with one attached hydrogen (secondary N) is 1. The lowest BCUT2D eigenvalue weighted by atomic mass is 10.1. The fourth-order valence-electron chi connectivity index (χ4n) is 3.37. The maximum Gasteiger partial charge on any atom is 0.242 e. The van der Waals surface area contributed by atoms with Crippen molar-refractivity contribution in [3.05, 3.63) is 18.2 Å². The minimum atomic E-state index is -0.223. The van der Waals surface area contributed by atoms with Gasteiger partial charge in [-0.1, -0.05) is 0 Å². The highest BCUT2D eigenvalue weighted by molar-refractivity contribution is 5.83. The number of aromatic nitrogens is 2. The fraction of sp³-hybridized carbons (Fsp3) is 0.625. The molecule has 1 saturated heterocycles. The Kier molecular flexibility index (Phi) is 4.82. The molecule has 1 N–H and O–H groups in total. The SMILES string of the molecule is CC(=O)NCC(=O)N1Cc2nccn2C[C@@H](CN2CCCC2=O)C1. The van der Waals surface area contributed by atoms with Crippen molar-refractivity contribution in [2.45, 2.75) is 32.9 Å². The van der Waals surface area contributed by atoms with Gasteiger partial charge >= 0.3 is 0 Å². The molecule has 0 unspecified atom stereocenters. The molecule has 0 aliphatic carbocycles. The lowest BCUT2D eigenvalue weighted by Gasteiger charge is -2.27. The summed E-state index contributed by atoms with van der Waals surface area (Å²) in [5.41, 5.74) is 0. The van der Waals surface area contributed by atoms with Crippen molar-refractivity contribution in [1.29, 1.82) is 0 Å². The zero-order valence-electron chi connectivity index (χ0n) is 13.9. The molecule has 0 saturated carbocycles. The summed E-state index contributed by atoms with van der Waals surface area (Å²) in [6, 6.07) is 0. The second-order valence-electron chi connectivity index (χ2n) is 6.49. The Morgan fingerprint density at radius 1 is 1.38 bits per heavy atom. The van der Waals surface area contributed by atoms with Gasteiger partial charge in [-0.15, -0.1) is 0 Å². The molecule has 8 nitrogen and oxygen atoms in total. The summed E-state index contributed by atoms with van der Waals surface area (Å²) in [4.78, 5) is 43.3. The number of carbonyl (C=O) groups excluding carboxylic acids is 3. The van der Waals surface area contributed by atoms with E-state index in [0.29, 0.717) is 26.1 Å². The average Bonchev–Trinajstić information content (AvgIpc) is 3.10. The number of fused-ring (bicyclic) bond motifs is 1. The van der Waals surface area contributed by atoms with Crippen LogP contribution < -0.4 is 5.32 Å². The summed E-state index contributed by atoms with van der Waals surface area (Å²) in [5.74, 6) is 0.838. The Balaban J connectivity index is 1.71. The third-order valence-electron chi connectivity index (χ3n) is 4.56. The number of rotatable bonds is 4. The van der Waals surface area contributed by atoms with Gasteiger partial charge in [0.25, 0.3) is 0 Å². The van der Waals surface area contributed by atoms with Crippen LogP contribution in [0, 0.1) is 5.92 Å². The van der Waals surface area contributed by atoms with E-state index in [-0.39, 0.29) is 30.2 Å². The Labute approximate surface area is 140 Å². The van der Waals surface area contributed by atoms with Gasteiger partial charge in [-0.05, 0) is 6.42 Å². The van der Waals surface area contributed by atoms with Gasteiger partial charge in [0.05, 0.1) is 13.1 Å². The number of hydrogen-bond acceptors (Lipinski definition) is 4. The molecule has 3 rings (SSSR count). The lowest BCUT2D eigenvalue weighted by Crippen LogP contribution is -2.43. The van der Waals surface area contributed by atoms with E-state index in [1.54, 1.807) is 11.1 Å². The van der Waals surface area contributed by atoms with Gasteiger partial charge in [0.2, 0.25) is 17.7 Å². The summed E-state index contributed by atoms with van der Waals surface area (Å²) < 4.78 is 2.05. The van der Waals surface area contributed by atoms with Crippen LogP contribution in [0.25, 0.3) is 0 Å². The fourth-order valence-corrected chi connectivity index (χ4v) is 3.37. The number of carbonyl (C=O) groups is 3. The summed E-state index contributed by atoms with van der Waals surface area (Å²) in [6.45, 7) is 4.56. The highest BCUT2D eigenvalue weighted by Gasteiger charge is 2.29. The Morgan fingerprint density at radius 2 is 2.21 bits per heavy atom. The molecule has 0 radical (unpaired) electrons. The number of amides is 3. The maximum absolute atomic E-state index is 12.4. The first-order valence-electron chi connectivity index (χ1n) is 8.33. The predicted molar refractivity (Wildman–Crippen MR) is 85.6 cm³/mol. The Morgan fingerprint density at radius 3 is 2.92 bits per heavy atom. The minimum Gasteiger partial charge on any atom is -0.347 e. The molecule has 2 aliphatic rings. The van der Waals surface area contributed by atoms with E-state index in [9.17, 15) is 14.4 Å². The second kappa shape index (κ2) is 7.02. The first-order chi connectivity index (χ1) is 11.5. The molecule has 1 fully saturated rings. The third kappa shape index (κ3) is 3.74. The summed E-state index contributed by atoms with van der Waals surface area (Å²) in [5, 5.41) is 2.55. The quantitative estimate of drug-likeness (QED) is 0.812. The average molecular weight is 333 g/mol.